The van der Waals surface area contributed by atoms with Crippen molar-refractivity contribution in [2.45, 2.75) is 143 Å². The molecule has 12 heteroatoms. The van der Waals surface area contributed by atoms with Crippen molar-refractivity contribution in [3.05, 3.63) is 11.6 Å². The molecule has 4 aliphatic carbocycles. The molecule has 8 atom stereocenters. The number of unbranched alkanes of at least 4 members (excludes halogenated alkanes) is 2. The Bertz CT molecular complexity index is 1250. The summed E-state index contributed by atoms with van der Waals surface area (Å²) in [7, 11) is 3.32. The van der Waals surface area contributed by atoms with Crippen molar-refractivity contribution in [2.24, 2.45) is 67.6 Å². The number of nitrogens with zero attached hydrogens (tertiary/aromatic N) is 2. The van der Waals surface area contributed by atoms with Crippen LogP contribution in [0.4, 0.5) is 4.79 Å². The van der Waals surface area contributed by atoms with Gasteiger partial charge >= 0.3 is 6.09 Å². The van der Waals surface area contributed by atoms with E-state index < -0.39 is 6.04 Å². The smallest absolute Gasteiger partial charge is 0.407 e. The van der Waals surface area contributed by atoms with Gasteiger partial charge in [-0.2, -0.15) is 0 Å². The van der Waals surface area contributed by atoms with Gasteiger partial charge in [-0.15, -0.1) is 0 Å². The van der Waals surface area contributed by atoms with Crippen LogP contribution in [0.3, 0.4) is 0 Å². The zero-order valence-electron chi connectivity index (χ0n) is 32.9. The highest BCUT2D eigenvalue weighted by atomic mass is 33.1. The number of ether oxygens (including phenoxy) is 1. The van der Waals surface area contributed by atoms with E-state index in [0.717, 1.165) is 73.2 Å². The molecule has 0 aromatic heterocycles. The molecule has 4 aliphatic rings. The van der Waals surface area contributed by atoms with E-state index in [2.05, 4.69) is 54.4 Å². The van der Waals surface area contributed by atoms with Gasteiger partial charge in [0.05, 0.1) is 5.84 Å². The number of nitrogens with two attached hydrogens (primary N) is 3. The molecule has 0 heterocycles. The van der Waals surface area contributed by atoms with Crippen molar-refractivity contribution in [1.29, 1.82) is 0 Å². The van der Waals surface area contributed by atoms with E-state index in [1.54, 1.807) is 34.1 Å². The van der Waals surface area contributed by atoms with Crippen LogP contribution < -0.4 is 27.8 Å². The number of carbonyl (C=O) groups is 2. The Labute approximate surface area is 322 Å². The van der Waals surface area contributed by atoms with E-state index >= 15 is 0 Å². The third-order valence-electron chi connectivity index (χ3n) is 13.0. The Kier molecular flexibility index (Phi) is 16.9. The number of hydrogen-bond donors (Lipinski definition) is 5. The van der Waals surface area contributed by atoms with Crippen molar-refractivity contribution >= 4 is 45.4 Å². The lowest BCUT2D eigenvalue weighted by Crippen LogP contribution is -2.50. The predicted octanol–water partition coefficient (Wildman–Crippen LogP) is 7.56. The van der Waals surface area contributed by atoms with E-state index in [4.69, 9.17) is 21.9 Å². The van der Waals surface area contributed by atoms with Gasteiger partial charge in [0.1, 0.15) is 12.1 Å². The summed E-state index contributed by atoms with van der Waals surface area (Å²) in [6.07, 6.45) is 19.8. The number of amides is 2. The standard InChI is InChI=1S/C40H71N7O3S2/c1-27(2)10-6-7-11-29-14-16-33-32-15-13-30-26-31(17-19-40(30,5)34(32)18-20-39(29,33)4)50-38(49)46-23-25-52-51-24-22-45-36(48)35(47-37(42)43)12-8-9-21-44-28(3)41/h13,27,29,31-35H,6-12,14-26H2,1-5H3,(H2,41,44)(H,45,48)(H,46,49)(H4,42,43,47). The van der Waals surface area contributed by atoms with Crippen LogP contribution >= 0.6 is 21.6 Å². The minimum Gasteiger partial charge on any atom is -0.446 e. The molecule has 8 unspecified atom stereocenters. The minimum absolute atomic E-state index is 0.0384. The summed E-state index contributed by atoms with van der Waals surface area (Å²) in [5.74, 6) is 5.98. The van der Waals surface area contributed by atoms with Gasteiger partial charge in [0.15, 0.2) is 5.96 Å². The van der Waals surface area contributed by atoms with Gasteiger partial charge in [0, 0.05) is 37.6 Å². The zero-order chi connectivity index (χ0) is 37.7. The number of allylic oxidation sites excluding steroid dienone is 1. The average molecular weight is 762 g/mol. The molecule has 10 nitrogen and oxygen atoms in total. The highest BCUT2D eigenvalue weighted by Crippen LogP contribution is 2.66. The number of rotatable bonds is 20. The molecule has 4 rings (SSSR count). The second-order valence-electron chi connectivity index (χ2n) is 17.0. The maximum atomic E-state index is 12.7. The van der Waals surface area contributed by atoms with Crippen LogP contribution in [0.5, 0.6) is 0 Å². The molecular weight excluding hydrogens is 691 g/mol. The van der Waals surface area contributed by atoms with Gasteiger partial charge in [-0.25, -0.2) is 9.79 Å². The minimum atomic E-state index is -0.609. The fourth-order valence-corrected chi connectivity index (χ4v) is 12.0. The molecule has 0 bridgehead atoms. The summed E-state index contributed by atoms with van der Waals surface area (Å²) in [4.78, 5) is 33.7. The molecule has 0 aliphatic heterocycles. The number of fused-ring (bicyclic) bond motifs is 5. The molecule has 3 fully saturated rings. The SMILES string of the molecule is CC(N)=NCCCCC(N=C(N)N)C(=O)NCCSSCCNC(=O)OC1CCC2(C)C(=CCC3C2CCC2(C)C(CCCCC(C)C)CCC32)C1. The van der Waals surface area contributed by atoms with Crippen molar-refractivity contribution < 1.29 is 14.3 Å². The Balaban J connectivity index is 1.11. The first-order valence-corrected chi connectivity index (χ1v) is 22.8. The van der Waals surface area contributed by atoms with Gasteiger partial charge < -0.3 is 32.6 Å². The molecule has 2 amide bonds. The second kappa shape index (κ2) is 20.6. The molecule has 52 heavy (non-hydrogen) atoms. The molecule has 0 spiro atoms. The number of guanidine groups is 1. The van der Waals surface area contributed by atoms with Gasteiger partial charge in [-0.3, -0.25) is 9.79 Å². The van der Waals surface area contributed by atoms with E-state index in [1.165, 1.54) is 57.8 Å². The van der Waals surface area contributed by atoms with E-state index in [0.29, 0.717) is 37.3 Å². The fraction of sp³-hybridized carbons (Fsp3) is 0.850. The van der Waals surface area contributed by atoms with Crippen LogP contribution in [0.25, 0.3) is 0 Å². The molecule has 0 saturated heterocycles. The van der Waals surface area contributed by atoms with Crippen LogP contribution in [0.1, 0.15) is 131 Å². The monoisotopic (exact) mass is 762 g/mol. The van der Waals surface area contributed by atoms with Crippen molar-refractivity contribution in [3.63, 3.8) is 0 Å². The van der Waals surface area contributed by atoms with Crippen molar-refractivity contribution in [2.75, 3.05) is 31.1 Å². The van der Waals surface area contributed by atoms with E-state index in [-0.39, 0.29) is 29.5 Å². The molecule has 3 saturated carbocycles. The second-order valence-corrected chi connectivity index (χ2v) is 19.7. The van der Waals surface area contributed by atoms with Gasteiger partial charge in [-0.1, -0.05) is 80.2 Å². The van der Waals surface area contributed by atoms with Crippen molar-refractivity contribution in [3.8, 4) is 0 Å². The molecule has 8 N–H and O–H groups in total. The quantitative estimate of drug-likeness (QED) is 0.0278. The Hall–Kier alpha value is -2.08. The molecule has 0 radical (unpaired) electrons. The molecule has 0 aromatic carbocycles. The first-order valence-electron chi connectivity index (χ1n) is 20.3. The Morgan fingerprint density at radius 1 is 0.942 bits per heavy atom. The van der Waals surface area contributed by atoms with Crippen LogP contribution in [0.2, 0.25) is 0 Å². The number of alkyl carbamates (subject to hydrolysis) is 1. The highest BCUT2D eigenvalue weighted by molar-refractivity contribution is 8.76. The first-order chi connectivity index (χ1) is 24.8. The Morgan fingerprint density at radius 2 is 1.67 bits per heavy atom. The summed E-state index contributed by atoms with van der Waals surface area (Å²) in [5.41, 5.74) is 19.0. The van der Waals surface area contributed by atoms with Gasteiger partial charge in [0.25, 0.3) is 0 Å². The number of amidine groups is 1. The highest BCUT2D eigenvalue weighted by Gasteiger charge is 2.58. The lowest BCUT2D eigenvalue weighted by atomic mass is 9.47. The summed E-state index contributed by atoms with van der Waals surface area (Å²) in [6.45, 7) is 13.3. The first kappa shape index (κ1) is 42.7. The normalized spacial score (nSPS) is 30.4. The summed E-state index contributed by atoms with van der Waals surface area (Å²) in [6, 6.07) is -0.609. The number of aliphatic imine (C=N–C) groups is 2. The average Bonchev–Trinajstić information content (AvgIpc) is 3.42. The zero-order valence-corrected chi connectivity index (χ0v) is 34.6. The van der Waals surface area contributed by atoms with Crippen LogP contribution in [0, 0.1) is 40.4 Å². The van der Waals surface area contributed by atoms with Crippen LogP contribution in [0.15, 0.2) is 21.6 Å². The third-order valence-corrected chi connectivity index (χ3v) is 15.4. The molecule has 0 aromatic rings. The topological polar surface area (TPSA) is 170 Å². The molecular formula is C40H71N7O3S2. The van der Waals surface area contributed by atoms with Gasteiger partial charge in [0.2, 0.25) is 5.91 Å². The lowest BCUT2D eigenvalue weighted by Gasteiger charge is -2.58. The van der Waals surface area contributed by atoms with Crippen molar-refractivity contribution in [1.82, 2.24) is 10.6 Å². The number of nitrogens with one attached hydrogen (secondary N) is 2. The largest absolute Gasteiger partial charge is 0.446 e. The van der Waals surface area contributed by atoms with E-state index in [9.17, 15) is 9.59 Å². The van der Waals surface area contributed by atoms with E-state index in [1.807, 2.05) is 0 Å². The van der Waals surface area contributed by atoms with Crippen LogP contribution in [-0.2, 0) is 9.53 Å². The Morgan fingerprint density at radius 3 is 2.38 bits per heavy atom. The lowest BCUT2D eigenvalue weighted by molar-refractivity contribution is -0.122. The van der Waals surface area contributed by atoms with Crippen LogP contribution in [-0.4, -0.2) is 67.1 Å². The summed E-state index contributed by atoms with van der Waals surface area (Å²) in [5, 5.41) is 5.88. The maximum Gasteiger partial charge on any atom is 0.407 e. The summed E-state index contributed by atoms with van der Waals surface area (Å²) < 4.78 is 5.96. The predicted molar refractivity (Wildman–Crippen MR) is 220 cm³/mol. The third kappa shape index (κ3) is 12.0. The fourth-order valence-electron chi connectivity index (χ4n) is 10.2. The maximum absolute atomic E-state index is 12.7. The number of carbonyl (C=O) groups excluding carboxylic acids is 2. The molecule has 296 valence electrons. The van der Waals surface area contributed by atoms with Gasteiger partial charge in [-0.05, 0) is 118 Å². The number of hydrogen-bond acceptors (Lipinski definition) is 7. The summed E-state index contributed by atoms with van der Waals surface area (Å²) >= 11 is 0.